The van der Waals surface area contributed by atoms with Crippen LogP contribution in [0.15, 0.2) is 35.8 Å². The third-order valence-corrected chi connectivity index (χ3v) is 5.04. The summed E-state index contributed by atoms with van der Waals surface area (Å²) >= 11 is 1.30. The van der Waals surface area contributed by atoms with E-state index in [-0.39, 0.29) is 17.5 Å². The number of aromatic nitrogens is 2. The van der Waals surface area contributed by atoms with Crippen molar-refractivity contribution in [3.63, 3.8) is 0 Å². The second kappa shape index (κ2) is 5.85. The van der Waals surface area contributed by atoms with Crippen molar-refractivity contribution in [3.05, 3.63) is 51.5 Å². The normalized spacial score (nSPS) is 14.5. The quantitative estimate of drug-likeness (QED) is 0.572. The van der Waals surface area contributed by atoms with Crippen LogP contribution in [0.3, 0.4) is 0 Å². The number of imidazole rings is 1. The average Bonchev–Trinajstić information content (AvgIpc) is 3.27. The van der Waals surface area contributed by atoms with Crippen molar-refractivity contribution >= 4 is 39.5 Å². The number of thiazole rings is 1. The Morgan fingerprint density at radius 2 is 2.24 bits per heavy atom. The van der Waals surface area contributed by atoms with E-state index in [0.717, 1.165) is 17.7 Å². The molecular formula is C16H15N5O3S. The monoisotopic (exact) mass is 357 g/mol. The molecule has 0 spiro atoms. The maximum atomic E-state index is 12.8. The zero-order valence-corrected chi connectivity index (χ0v) is 14.2. The van der Waals surface area contributed by atoms with E-state index in [1.807, 2.05) is 24.3 Å². The molecule has 0 bridgehead atoms. The van der Waals surface area contributed by atoms with Gasteiger partial charge in [0.1, 0.15) is 12.2 Å². The highest BCUT2D eigenvalue weighted by Gasteiger charge is 2.31. The predicted octanol–water partition coefficient (Wildman–Crippen LogP) is 2.69. The molecule has 9 heteroatoms. The molecule has 0 radical (unpaired) electrons. The van der Waals surface area contributed by atoms with Gasteiger partial charge in [-0.1, -0.05) is 29.5 Å². The van der Waals surface area contributed by atoms with Crippen LogP contribution in [0.4, 0.5) is 17.3 Å². The van der Waals surface area contributed by atoms with Gasteiger partial charge in [0.15, 0.2) is 0 Å². The lowest BCUT2D eigenvalue weighted by Gasteiger charge is -2.22. The van der Waals surface area contributed by atoms with Gasteiger partial charge in [0.05, 0.1) is 0 Å². The fourth-order valence-corrected chi connectivity index (χ4v) is 3.82. The Morgan fingerprint density at radius 1 is 1.44 bits per heavy atom. The minimum absolute atomic E-state index is 0.116. The molecule has 0 saturated carbocycles. The Kier molecular flexibility index (Phi) is 3.65. The molecular weight excluding hydrogens is 342 g/mol. The van der Waals surface area contributed by atoms with Gasteiger partial charge in [0.25, 0.3) is 4.96 Å². The Morgan fingerprint density at radius 3 is 3.04 bits per heavy atom. The molecule has 1 aliphatic rings. The fourth-order valence-electron chi connectivity index (χ4n) is 3.11. The van der Waals surface area contributed by atoms with Gasteiger partial charge in [0, 0.05) is 17.6 Å². The lowest BCUT2D eigenvalue weighted by Crippen LogP contribution is -2.40. The van der Waals surface area contributed by atoms with Crippen molar-refractivity contribution < 1.29 is 9.72 Å². The van der Waals surface area contributed by atoms with Crippen LogP contribution in [0.2, 0.25) is 0 Å². The summed E-state index contributed by atoms with van der Waals surface area (Å²) in [6.45, 7) is 2.31. The molecule has 1 aliphatic heterocycles. The number of rotatable bonds is 4. The van der Waals surface area contributed by atoms with Crippen LogP contribution in [0.5, 0.6) is 0 Å². The maximum absolute atomic E-state index is 12.8. The lowest BCUT2D eigenvalue weighted by atomic mass is 10.2. The number of para-hydroxylation sites is 1. The van der Waals surface area contributed by atoms with Gasteiger partial charge in [-0.25, -0.2) is 0 Å². The van der Waals surface area contributed by atoms with Crippen LogP contribution in [0.1, 0.15) is 12.5 Å². The second-order valence-electron chi connectivity index (χ2n) is 5.83. The average molecular weight is 357 g/mol. The number of anilines is 2. The first kappa shape index (κ1) is 15.6. The topological polar surface area (TPSA) is 92.8 Å². The third kappa shape index (κ3) is 2.52. The molecule has 1 aromatic carbocycles. The summed E-state index contributed by atoms with van der Waals surface area (Å²) in [5, 5.41) is 16.0. The molecule has 1 unspecified atom stereocenters. The number of nitrogens with zero attached hydrogens (tertiary/aromatic N) is 4. The Hall–Kier alpha value is -2.94. The van der Waals surface area contributed by atoms with Gasteiger partial charge >= 0.3 is 5.82 Å². The Bertz CT molecular complexity index is 979. The Balaban J connectivity index is 1.59. The number of fused-ring (bicyclic) bond motifs is 2. The van der Waals surface area contributed by atoms with E-state index in [1.54, 1.807) is 23.4 Å². The summed E-state index contributed by atoms with van der Waals surface area (Å²) in [5.74, 6) is -0.168. The van der Waals surface area contributed by atoms with Crippen molar-refractivity contribution in [2.75, 3.05) is 16.8 Å². The van der Waals surface area contributed by atoms with Crippen LogP contribution in [0.25, 0.3) is 4.96 Å². The van der Waals surface area contributed by atoms with Crippen molar-refractivity contribution in [1.82, 2.24) is 9.38 Å². The second-order valence-corrected chi connectivity index (χ2v) is 6.70. The standard InChI is InChI=1S/C16H15N5O3S/c1-10(15(22)19-7-6-11-4-2-3-5-12(11)19)17-13-14(21(23)24)20-8-9-25-16(20)18-13/h2-5,8-10,17H,6-7H2,1H3. The number of carbonyl (C=O) groups excluding carboxylic acids is 1. The summed E-state index contributed by atoms with van der Waals surface area (Å²) < 4.78 is 1.41. The number of benzene rings is 1. The molecule has 1 atom stereocenters. The van der Waals surface area contributed by atoms with E-state index < -0.39 is 11.0 Å². The van der Waals surface area contributed by atoms with E-state index in [9.17, 15) is 14.9 Å². The summed E-state index contributed by atoms with van der Waals surface area (Å²) in [7, 11) is 0. The molecule has 0 saturated heterocycles. The first-order valence-corrected chi connectivity index (χ1v) is 8.70. The molecule has 0 fully saturated rings. The number of nitrogens with one attached hydrogen (secondary N) is 1. The van der Waals surface area contributed by atoms with Crippen molar-refractivity contribution in [2.24, 2.45) is 0 Å². The number of amides is 1. The highest BCUT2D eigenvalue weighted by Crippen LogP contribution is 2.30. The SMILES string of the molecule is CC(Nc1nc2sccn2c1[N+](=O)[O-])C(=O)N1CCc2ccccc21. The van der Waals surface area contributed by atoms with Gasteiger partial charge in [-0.05, 0) is 29.9 Å². The van der Waals surface area contributed by atoms with Crippen molar-refractivity contribution in [3.8, 4) is 0 Å². The van der Waals surface area contributed by atoms with Crippen LogP contribution < -0.4 is 10.2 Å². The summed E-state index contributed by atoms with van der Waals surface area (Å²) in [4.78, 5) is 30.2. The van der Waals surface area contributed by atoms with E-state index in [4.69, 9.17) is 0 Å². The predicted molar refractivity (Wildman–Crippen MR) is 95.3 cm³/mol. The molecule has 128 valence electrons. The largest absolute Gasteiger partial charge is 0.372 e. The number of hydrogen-bond donors (Lipinski definition) is 1. The van der Waals surface area contributed by atoms with Crippen molar-refractivity contribution in [2.45, 2.75) is 19.4 Å². The molecule has 1 N–H and O–H groups in total. The van der Waals surface area contributed by atoms with Crippen LogP contribution in [0, 0.1) is 10.1 Å². The van der Waals surface area contributed by atoms with Crippen LogP contribution in [-0.4, -0.2) is 32.8 Å². The molecule has 2 aromatic heterocycles. The zero-order chi connectivity index (χ0) is 17.6. The minimum Gasteiger partial charge on any atom is -0.358 e. The van der Waals surface area contributed by atoms with E-state index in [0.29, 0.717) is 11.5 Å². The van der Waals surface area contributed by atoms with E-state index >= 15 is 0 Å². The van der Waals surface area contributed by atoms with Crippen LogP contribution >= 0.6 is 11.3 Å². The van der Waals surface area contributed by atoms with E-state index in [2.05, 4.69) is 10.3 Å². The molecule has 25 heavy (non-hydrogen) atoms. The molecule has 1 amide bonds. The molecule has 3 aromatic rings. The molecule has 0 aliphatic carbocycles. The lowest BCUT2D eigenvalue weighted by molar-refractivity contribution is -0.389. The van der Waals surface area contributed by atoms with Gasteiger partial charge in [-0.3, -0.25) is 4.79 Å². The highest BCUT2D eigenvalue weighted by molar-refractivity contribution is 7.15. The molecule has 8 nitrogen and oxygen atoms in total. The first-order valence-electron chi connectivity index (χ1n) is 7.82. The molecule has 4 rings (SSSR count). The zero-order valence-electron chi connectivity index (χ0n) is 13.4. The minimum atomic E-state index is -0.630. The first-order chi connectivity index (χ1) is 12.1. The smallest absolute Gasteiger partial charge is 0.358 e. The number of carbonyl (C=O) groups is 1. The van der Waals surface area contributed by atoms with E-state index in [1.165, 1.54) is 15.7 Å². The summed E-state index contributed by atoms with van der Waals surface area (Å²) in [5.41, 5.74) is 2.04. The van der Waals surface area contributed by atoms with Gasteiger partial charge in [0.2, 0.25) is 11.7 Å². The fraction of sp³-hybridized carbons (Fsp3) is 0.250. The summed E-state index contributed by atoms with van der Waals surface area (Å²) in [6, 6.07) is 7.15. The van der Waals surface area contributed by atoms with Gasteiger partial charge in [-0.15, -0.1) is 0 Å². The Labute approximate surface area is 146 Å². The maximum Gasteiger partial charge on any atom is 0.372 e. The number of nitro groups is 1. The third-order valence-electron chi connectivity index (χ3n) is 4.29. The highest BCUT2D eigenvalue weighted by atomic mass is 32.1. The van der Waals surface area contributed by atoms with Crippen molar-refractivity contribution in [1.29, 1.82) is 0 Å². The van der Waals surface area contributed by atoms with Gasteiger partial charge < -0.3 is 20.3 Å². The van der Waals surface area contributed by atoms with Crippen LogP contribution in [-0.2, 0) is 11.2 Å². The number of hydrogen-bond acceptors (Lipinski definition) is 6. The summed E-state index contributed by atoms with van der Waals surface area (Å²) in [6.07, 6.45) is 2.41. The van der Waals surface area contributed by atoms with Gasteiger partial charge in [-0.2, -0.15) is 9.38 Å². The molecule has 3 heterocycles.